The summed E-state index contributed by atoms with van der Waals surface area (Å²) in [6, 6.07) is 4.76. The Hall–Kier alpha value is -1.75. The average molecular weight is 251 g/mol. The maximum Gasteiger partial charge on any atom is 0.255 e. The molecule has 0 unspecified atom stereocenters. The second kappa shape index (κ2) is 6.86. The van der Waals surface area contributed by atoms with Crippen LogP contribution < -0.4 is 11.1 Å². The number of carbonyl (C=O) groups is 1. The van der Waals surface area contributed by atoms with Crippen LogP contribution in [0, 0.1) is 0 Å². The number of nitrogens with two attached hydrogens (primary N) is 1. The summed E-state index contributed by atoms with van der Waals surface area (Å²) >= 11 is 0. The molecule has 0 bridgehead atoms. The number of amides is 1. The molecule has 1 aromatic rings. The molecule has 0 aliphatic carbocycles. The van der Waals surface area contributed by atoms with E-state index in [1.807, 2.05) is 14.1 Å². The van der Waals surface area contributed by atoms with Gasteiger partial charge in [-0.1, -0.05) is 6.07 Å². The molecular weight excluding hydrogens is 230 g/mol. The molecule has 0 radical (unpaired) electrons. The molecule has 0 saturated carbocycles. The van der Waals surface area contributed by atoms with Crippen molar-refractivity contribution in [2.45, 2.75) is 12.8 Å². The van der Waals surface area contributed by atoms with Crippen LogP contribution in [-0.2, 0) is 0 Å². The maximum absolute atomic E-state index is 11.8. The number of phenols is 1. The molecule has 1 amide bonds. The number of nitrogens with zero attached hydrogens (tertiary/aromatic N) is 1. The largest absolute Gasteiger partial charge is 0.505 e. The van der Waals surface area contributed by atoms with Gasteiger partial charge in [-0.3, -0.25) is 4.79 Å². The van der Waals surface area contributed by atoms with Gasteiger partial charge in [-0.05, 0) is 45.6 Å². The molecule has 0 aromatic heterocycles. The minimum Gasteiger partial charge on any atom is -0.505 e. The smallest absolute Gasteiger partial charge is 0.255 e. The number of benzene rings is 1. The van der Waals surface area contributed by atoms with Gasteiger partial charge < -0.3 is 21.1 Å². The van der Waals surface area contributed by atoms with Crippen molar-refractivity contribution in [2.75, 3.05) is 32.9 Å². The van der Waals surface area contributed by atoms with Crippen molar-refractivity contribution in [3.05, 3.63) is 23.8 Å². The summed E-state index contributed by atoms with van der Waals surface area (Å²) in [7, 11) is 4.03. The van der Waals surface area contributed by atoms with E-state index in [1.54, 1.807) is 18.2 Å². The summed E-state index contributed by atoms with van der Waals surface area (Å²) in [5, 5.41) is 12.4. The van der Waals surface area contributed by atoms with Gasteiger partial charge in [-0.15, -0.1) is 0 Å². The highest BCUT2D eigenvalue weighted by Crippen LogP contribution is 2.23. The molecule has 5 heteroatoms. The zero-order valence-corrected chi connectivity index (χ0v) is 10.9. The monoisotopic (exact) mass is 251 g/mol. The van der Waals surface area contributed by atoms with Crippen LogP contribution in [0.4, 0.5) is 5.69 Å². The third-order valence-corrected chi connectivity index (χ3v) is 2.63. The molecular formula is C13H21N3O2. The Morgan fingerprint density at radius 1 is 1.39 bits per heavy atom. The topological polar surface area (TPSA) is 78.6 Å². The SMILES string of the molecule is CN(C)CCCCNC(=O)c1cccc(N)c1O. The van der Waals surface area contributed by atoms with E-state index in [0.29, 0.717) is 6.54 Å². The van der Waals surface area contributed by atoms with Crippen molar-refractivity contribution in [3.63, 3.8) is 0 Å². The molecule has 0 heterocycles. The molecule has 0 saturated heterocycles. The molecule has 18 heavy (non-hydrogen) atoms. The van der Waals surface area contributed by atoms with Crippen LogP contribution in [0.3, 0.4) is 0 Å². The highest BCUT2D eigenvalue weighted by atomic mass is 16.3. The van der Waals surface area contributed by atoms with Gasteiger partial charge in [0.15, 0.2) is 5.75 Å². The quantitative estimate of drug-likeness (QED) is 0.401. The minimum absolute atomic E-state index is 0.150. The van der Waals surface area contributed by atoms with Crippen molar-refractivity contribution in [1.29, 1.82) is 0 Å². The average Bonchev–Trinajstić information content (AvgIpc) is 2.31. The van der Waals surface area contributed by atoms with Gasteiger partial charge in [0.2, 0.25) is 0 Å². The van der Waals surface area contributed by atoms with E-state index in [0.717, 1.165) is 19.4 Å². The molecule has 4 N–H and O–H groups in total. The van der Waals surface area contributed by atoms with Crippen LogP contribution in [0.1, 0.15) is 23.2 Å². The lowest BCUT2D eigenvalue weighted by Crippen LogP contribution is -2.25. The summed E-state index contributed by atoms with van der Waals surface area (Å²) in [6.07, 6.45) is 1.93. The summed E-state index contributed by atoms with van der Waals surface area (Å²) in [4.78, 5) is 13.9. The molecule has 100 valence electrons. The molecule has 1 aromatic carbocycles. The highest BCUT2D eigenvalue weighted by molar-refractivity contribution is 5.98. The maximum atomic E-state index is 11.8. The third-order valence-electron chi connectivity index (χ3n) is 2.63. The molecule has 1 rings (SSSR count). The number of hydrogen-bond acceptors (Lipinski definition) is 4. The second-order valence-corrected chi connectivity index (χ2v) is 4.51. The molecule has 0 fully saturated rings. The number of nitrogen functional groups attached to an aromatic ring is 1. The first kappa shape index (κ1) is 14.3. The fraction of sp³-hybridized carbons (Fsp3) is 0.462. The van der Waals surface area contributed by atoms with Crippen molar-refractivity contribution in [2.24, 2.45) is 0 Å². The number of nitrogens with one attached hydrogen (secondary N) is 1. The number of aromatic hydroxyl groups is 1. The number of phenolic OH excluding ortho intramolecular Hbond substituents is 1. The Labute approximate surface area is 108 Å². The van der Waals surface area contributed by atoms with Crippen LogP contribution in [0.5, 0.6) is 5.75 Å². The second-order valence-electron chi connectivity index (χ2n) is 4.51. The lowest BCUT2D eigenvalue weighted by atomic mass is 10.1. The Kier molecular flexibility index (Phi) is 5.45. The highest BCUT2D eigenvalue weighted by Gasteiger charge is 2.11. The van der Waals surface area contributed by atoms with E-state index in [-0.39, 0.29) is 22.9 Å². The van der Waals surface area contributed by atoms with Crippen molar-refractivity contribution < 1.29 is 9.90 Å². The van der Waals surface area contributed by atoms with Crippen LogP contribution in [0.25, 0.3) is 0 Å². The summed E-state index contributed by atoms with van der Waals surface area (Å²) in [5.74, 6) is -0.437. The Bertz CT molecular complexity index is 405. The summed E-state index contributed by atoms with van der Waals surface area (Å²) < 4.78 is 0. The number of rotatable bonds is 6. The lowest BCUT2D eigenvalue weighted by Gasteiger charge is -2.10. The number of anilines is 1. The first-order chi connectivity index (χ1) is 8.52. The molecule has 0 atom stereocenters. The third kappa shape index (κ3) is 4.25. The van der Waals surface area contributed by atoms with E-state index >= 15 is 0 Å². The zero-order valence-electron chi connectivity index (χ0n) is 10.9. The molecule has 0 spiro atoms. The van der Waals surface area contributed by atoms with Crippen LogP contribution >= 0.6 is 0 Å². The predicted molar refractivity (Wildman–Crippen MR) is 72.6 cm³/mol. The fourth-order valence-corrected chi connectivity index (χ4v) is 1.59. The Morgan fingerprint density at radius 2 is 2.11 bits per heavy atom. The van der Waals surface area contributed by atoms with E-state index in [2.05, 4.69) is 10.2 Å². The van der Waals surface area contributed by atoms with Crippen LogP contribution in [0.2, 0.25) is 0 Å². The number of para-hydroxylation sites is 1. The van der Waals surface area contributed by atoms with Gasteiger partial charge in [0, 0.05) is 6.54 Å². The van der Waals surface area contributed by atoms with Gasteiger partial charge in [0.25, 0.3) is 5.91 Å². The lowest BCUT2D eigenvalue weighted by molar-refractivity contribution is 0.0950. The first-order valence-electron chi connectivity index (χ1n) is 6.02. The van der Waals surface area contributed by atoms with E-state index in [4.69, 9.17) is 5.73 Å². The minimum atomic E-state index is -0.287. The van der Waals surface area contributed by atoms with Gasteiger partial charge in [-0.25, -0.2) is 0 Å². The standard InChI is InChI=1S/C13H21N3O2/c1-16(2)9-4-3-8-15-13(18)10-6-5-7-11(14)12(10)17/h5-7,17H,3-4,8-9,14H2,1-2H3,(H,15,18). The number of carbonyl (C=O) groups excluding carboxylic acids is 1. The van der Waals surface area contributed by atoms with Crippen LogP contribution in [-0.4, -0.2) is 43.1 Å². The van der Waals surface area contributed by atoms with E-state index in [1.165, 1.54) is 0 Å². The summed E-state index contributed by atoms with van der Waals surface area (Å²) in [6.45, 7) is 1.60. The van der Waals surface area contributed by atoms with Gasteiger partial charge in [-0.2, -0.15) is 0 Å². The number of hydrogen-bond donors (Lipinski definition) is 3. The zero-order chi connectivity index (χ0) is 13.5. The van der Waals surface area contributed by atoms with Crippen molar-refractivity contribution in [1.82, 2.24) is 10.2 Å². The molecule has 0 aliphatic rings. The molecule has 0 aliphatic heterocycles. The van der Waals surface area contributed by atoms with Crippen molar-refractivity contribution >= 4 is 11.6 Å². The normalized spacial score (nSPS) is 10.6. The first-order valence-corrected chi connectivity index (χ1v) is 6.02. The van der Waals surface area contributed by atoms with Gasteiger partial charge in [0.1, 0.15) is 0 Å². The van der Waals surface area contributed by atoms with Crippen LogP contribution in [0.15, 0.2) is 18.2 Å². The van der Waals surface area contributed by atoms with E-state index in [9.17, 15) is 9.90 Å². The Morgan fingerprint density at radius 3 is 2.78 bits per heavy atom. The summed E-state index contributed by atoms with van der Waals surface area (Å²) in [5.41, 5.74) is 5.98. The van der Waals surface area contributed by atoms with Gasteiger partial charge >= 0.3 is 0 Å². The van der Waals surface area contributed by atoms with Gasteiger partial charge in [0.05, 0.1) is 11.3 Å². The molecule has 5 nitrogen and oxygen atoms in total. The van der Waals surface area contributed by atoms with Crippen molar-refractivity contribution in [3.8, 4) is 5.75 Å². The number of unbranched alkanes of at least 4 members (excludes halogenated alkanes) is 1. The van der Waals surface area contributed by atoms with E-state index < -0.39 is 0 Å². The predicted octanol–water partition coefficient (Wildman–Crippen LogP) is 1.05. The Balaban J connectivity index is 2.39. The fourth-order valence-electron chi connectivity index (χ4n) is 1.59.